The molecule has 0 saturated carbocycles. The Bertz CT molecular complexity index is 3240. The molecule has 0 unspecified atom stereocenters. The third-order valence-corrected chi connectivity index (χ3v) is 18.1. The van der Waals surface area contributed by atoms with E-state index < -0.39 is 107 Å². The maximum atomic E-state index is 12.5. The molecule has 36 nitrogen and oxygen atoms in total. The molecular weight excluding hydrogens is 1730 g/mol. The van der Waals surface area contributed by atoms with E-state index in [1.807, 2.05) is 131 Å². The van der Waals surface area contributed by atoms with Gasteiger partial charge in [0.05, 0.1) is 92.2 Å². The SMILES string of the molecule is CB(O)NCCCN(CCCCN(CCCNB(C)O)C(=O)OC(CO)CO)B(C)O.CB(O)NCCCNCCCCN(CCCN=CB=O)B(C)O.CC(=O)OCC(COC(C)=O)OC(=O)N(CCC[NH3+])CCCC[NH2+]CCC[NH3+].O=C(Cl)Cl.O=C(Cl)OC(COCc1ccccc1)COCc1ccccc1.OC(COCc1ccccc1)COCc1ccccc1. The number of unbranched alkanes of at least 4 members (excludes halogenated alkanes) is 3. The molecule has 0 aliphatic rings. The summed E-state index contributed by atoms with van der Waals surface area (Å²) in [6.07, 6.45) is 7.76. The van der Waals surface area contributed by atoms with Crippen LogP contribution in [0.4, 0.5) is 19.2 Å². The van der Waals surface area contributed by atoms with E-state index in [9.17, 15) is 53.9 Å². The van der Waals surface area contributed by atoms with Crippen LogP contribution in [0.3, 0.4) is 0 Å². The van der Waals surface area contributed by atoms with Crippen molar-refractivity contribution in [2.45, 2.75) is 176 Å². The smallest absolute Gasteiger partial charge is 0.410 e. The summed E-state index contributed by atoms with van der Waals surface area (Å²) in [7, 11) is -1.99. The average Bonchev–Trinajstić information content (AvgIpc) is 0.922. The zero-order chi connectivity index (χ0) is 96.1. The van der Waals surface area contributed by atoms with Crippen LogP contribution >= 0.6 is 34.8 Å². The number of amides is 2. The molecule has 0 heterocycles. The van der Waals surface area contributed by atoms with Gasteiger partial charge in [-0.15, -0.1) is 0 Å². The maximum Gasteiger partial charge on any atom is 0.410 e. The molecule has 2 amide bonds. The third kappa shape index (κ3) is 83.0. The number of esters is 2. The molecule has 4 aromatic carbocycles. The molecule has 0 atom stereocenters. The first kappa shape index (κ1) is 124. The Kier molecular flexibility index (Phi) is 84.9. The monoisotopic (exact) mass is 1880 g/mol. The zero-order valence-corrected chi connectivity index (χ0v) is 79.3. The molecule has 0 bridgehead atoms. The first-order valence-electron chi connectivity index (χ1n) is 44.4. The molecule has 0 saturated heterocycles. The van der Waals surface area contributed by atoms with E-state index in [1.165, 1.54) is 24.9 Å². The maximum absolute atomic E-state index is 12.5. The minimum atomic E-state index is -0.952. The van der Waals surface area contributed by atoms with E-state index in [0.717, 1.165) is 139 Å². The van der Waals surface area contributed by atoms with Crippen LogP contribution in [0.1, 0.15) is 113 Å². The van der Waals surface area contributed by atoms with Gasteiger partial charge in [0.15, 0.2) is 6.10 Å². The molecule has 0 aromatic heterocycles. The molecule has 0 aliphatic heterocycles. The second kappa shape index (κ2) is 88.0. The molecule has 0 aliphatic carbocycles. The van der Waals surface area contributed by atoms with Crippen LogP contribution in [0, 0.1) is 0 Å². The van der Waals surface area contributed by atoms with Crippen molar-refractivity contribution in [1.82, 2.24) is 40.4 Å². The topological polar surface area (TPSA) is 510 Å². The number of nitrogens with zero attached hydrogens (tertiary/aromatic N) is 5. The molecule has 4 rings (SSSR count). The first-order valence-corrected chi connectivity index (χ1v) is 45.5. The van der Waals surface area contributed by atoms with Crippen LogP contribution in [-0.4, -0.2) is 338 Å². The normalized spacial score (nSPS) is 10.8. The van der Waals surface area contributed by atoms with Gasteiger partial charge in [-0.1, -0.05) is 121 Å². The third-order valence-electron chi connectivity index (χ3n) is 18.0. The summed E-state index contributed by atoms with van der Waals surface area (Å²) < 4.78 is 56.6. The first-order chi connectivity index (χ1) is 62.0. The summed E-state index contributed by atoms with van der Waals surface area (Å²) >= 11 is 14.1. The van der Waals surface area contributed by atoms with Gasteiger partial charge in [0.1, 0.15) is 31.5 Å². The van der Waals surface area contributed by atoms with Crippen molar-refractivity contribution in [2.75, 3.05) is 171 Å². The van der Waals surface area contributed by atoms with Crippen LogP contribution in [0.25, 0.3) is 0 Å². The van der Waals surface area contributed by atoms with Gasteiger partial charge >= 0.3 is 166 Å². The average molecular weight is 1880 g/mol. The van der Waals surface area contributed by atoms with Gasteiger partial charge in [0.25, 0.3) is 0 Å². The van der Waals surface area contributed by atoms with Gasteiger partial charge in [-0.2, -0.15) is 0 Å². The number of nitrogens with two attached hydrogens (primary N) is 1. The van der Waals surface area contributed by atoms with Crippen molar-refractivity contribution in [2.24, 2.45) is 4.99 Å². The molecule has 20 N–H and O–H groups in total. The van der Waals surface area contributed by atoms with E-state index in [1.54, 1.807) is 39.0 Å². The molecule has 0 fully saturated rings. The van der Waals surface area contributed by atoms with Crippen molar-refractivity contribution in [3.8, 4) is 0 Å². The Labute approximate surface area is 782 Å². The molecule has 4 aromatic rings. The van der Waals surface area contributed by atoms with E-state index >= 15 is 0 Å². The number of quaternary nitrogens is 3. The number of aliphatic hydroxyl groups is 3. The number of carbonyl (C=O) groups excluding carboxylic acids is 6. The fourth-order valence-electron chi connectivity index (χ4n) is 11.3. The zero-order valence-electron chi connectivity index (χ0n) is 77.1. The van der Waals surface area contributed by atoms with Crippen LogP contribution in [0.5, 0.6) is 0 Å². The van der Waals surface area contributed by atoms with Crippen molar-refractivity contribution < 1.29 is 133 Å². The summed E-state index contributed by atoms with van der Waals surface area (Å²) in [6, 6.07) is 39.3. The molecule has 726 valence electrons. The largest absolute Gasteiger partial charge is 0.462 e. The van der Waals surface area contributed by atoms with E-state index in [0.29, 0.717) is 112 Å². The molecular formula is C84H150B6Cl3N12O24+3. The van der Waals surface area contributed by atoms with Crippen LogP contribution in [-0.2, 0) is 83.4 Å². The van der Waals surface area contributed by atoms with Crippen LogP contribution in [0.15, 0.2) is 126 Å². The van der Waals surface area contributed by atoms with E-state index in [4.69, 9.17) is 74.3 Å². The Hall–Kier alpha value is -6.61. The number of hydrogen-bond acceptors (Lipinski definition) is 31. The van der Waals surface area contributed by atoms with Crippen molar-refractivity contribution in [3.63, 3.8) is 0 Å². The predicted molar refractivity (Wildman–Crippen MR) is 506 cm³/mol. The van der Waals surface area contributed by atoms with E-state index in [2.05, 4.69) is 66.0 Å². The standard InChI is InChI=1S/C18H19ClO4.C18H36N4O6.C17H41B3N4O7.C17H20O3.C13H31B3N4O3.CCl2O/c19-18(20)23-17(13-21-11-15-7-3-1-4-8-15)14-22-12-16-9-5-2-6-10-16;1-15(23)26-13-17(14-27-16(2)24)28-18(25)22(12-6-8-20)11-4-3-9-21-10-5-7-19;1-18(28)21-8-6-11-23(17(27)31-16(14-25)15-26)10-4-5-12-24(20(3)30)13-7-9-22-19(2)29;18-17(13-19-11-15-7-3-1-4-8-15)14-20-12-16-9-5-2-6-10-16;1-15(22)19-10-5-8-17-7-3-4-11-20(16(2)23)12-6-9-18-13-14-21;2-1(3)4/h1-10,17H,11-14H2;17,21H,3-14,19-20H2,1-2H3;16,21-22,25-26,28-30H,4-15H2,1-3H3;1-10,17-18H,11-14H2;13,17,19,22-23H,3-12H2,1-2H3;/p+3. The summed E-state index contributed by atoms with van der Waals surface area (Å²) in [4.78, 5) is 78.0. The number of aliphatic imine (C=N–C) groups is 1. The molecule has 0 radical (unpaired) electrons. The number of benzene rings is 4. The summed E-state index contributed by atoms with van der Waals surface area (Å²) in [5, 5.41) is 89.7. The van der Waals surface area contributed by atoms with Gasteiger partial charge in [-0.25, -0.2) is 14.4 Å². The Balaban J connectivity index is 0. The van der Waals surface area contributed by atoms with Gasteiger partial charge in [-0.05, 0) is 150 Å². The number of rotatable bonds is 68. The minimum Gasteiger partial charge on any atom is -0.462 e. The minimum absolute atomic E-state index is 0.154. The van der Waals surface area contributed by atoms with Crippen LogP contribution in [0.2, 0.25) is 34.1 Å². The van der Waals surface area contributed by atoms with Gasteiger partial charge < -0.3 is 125 Å². The van der Waals surface area contributed by atoms with Gasteiger partial charge in [0.2, 0.25) is 0 Å². The number of carbonyl (C=O) groups is 6. The fraction of sp³-hybridized carbons (Fsp3) is 0.631. The number of halogens is 3. The number of nitrogens with one attached hydrogen (secondary N) is 4. The quantitative estimate of drug-likeness (QED) is 0.00750. The Morgan fingerprint density at radius 3 is 1.19 bits per heavy atom. The molecule has 45 heteroatoms. The predicted octanol–water partition coefficient (Wildman–Crippen LogP) is 3.53. The Morgan fingerprint density at radius 2 is 0.791 bits per heavy atom. The Morgan fingerprint density at radius 1 is 0.450 bits per heavy atom. The number of aliphatic hydroxyl groups excluding tert-OH is 3. The number of ether oxygens (including phenoxy) is 9. The van der Waals surface area contributed by atoms with Crippen molar-refractivity contribution >= 4 is 118 Å². The van der Waals surface area contributed by atoms with Gasteiger partial charge in [-0.3, -0.25) is 14.4 Å². The van der Waals surface area contributed by atoms with E-state index in [-0.39, 0.29) is 39.6 Å². The second-order valence-corrected chi connectivity index (χ2v) is 31.0. The summed E-state index contributed by atoms with van der Waals surface area (Å²) in [5.74, 6) is -0.985. The number of hydrogen-bond donors (Lipinski definition) is 15. The van der Waals surface area contributed by atoms with Crippen LogP contribution < -0.4 is 37.8 Å². The molecule has 129 heavy (non-hydrogen) atoms. The van der Waals surface area contributed by atoms with Crippen molar-refractivity contribution in [1.29, 1.82) is 0 Å². The molecule has 0 spiro atoms. The summed E-state index contributed by atoms with van der Waals surface area (Å²) in [6.45, 7) is 25.9. The van der Waals surface area contributed by atoms with Crippen molar-refractivity contribution in [3.05, 3.63) is 144 Å². The fourth-order valence-corrected chi connectivity index (χ4v) is 11.4. The summed E-state index contributed by atoms with van der Waals surface area (Å²) in [5.41, 5.74) is 11.1. The van der Waals surface area contributed by atoms with Gasteiger partial charge in [0, 0.05) is 64.5 Å². The second-order valence-electron chi connectivity index (χ2n) is 29.8.